The maximum absolute atomic E-state index is 11.6. The Morgan fingerprint density at radius 3 is 2.69 bits per heavy atom. The van der Waals surface area contributed by atoms with Gasteiger partial charge in [-0.2, -0.15) is 0 Å². The van der Waals surface area contributed by atoms with Crippen LogP contribution in [0.4, 0.5) is 0 Å². The summed E-state index contributed by atoms with van der Waals surface area (Å²) in [5.74, 6) is 0.182. The molecule has 0 amide bonds. The molecule has 0 aromatic heterocycles. The first kappa shape index (κ1) is 10.9. The summed E-state index contributed by atoms with van der Waals surface area (Å²) >= 11 is 6.64. The van der Waals surface area contributed by atoms with Gasteiger partial charge in [-0.15, -0.1) is 0 Å². The lowest BCUT2D eigenvalue weighted by Gasteiger charge is -2.05. The Kier molecular flexibility index (Phi) is 4.13. The lowest BCUT2D eigenvalue weighted by Crippen LogP contribution is -2.03. The first-order valence-corrected chi connectivity index (χ1v) is 5.92. The molecule has 0 saturated heterocycles. The number of halogens is 2. The van der Waals surface area contributed by atoms with Crippen LogP contribution in [0, 0.1) is 6.92 Å². The summed E-state index contributed by atoms with van der Waals surface area (Å²) in [7, 11) is 0. The van der Waals surface area contributed by atoms with E-state index in [0.29, 0.717) is 11.8 Å². The summed E-state index contributed by atoms with van der Waals surface area (Å²) in [6.45, 7) is 1.95. The van der Waals surface area contributed by atoms with Gasteiger partial charge in [0.2, 0.25) is 0 Å². The van der Waals surface area contributed by atoms with Crippen molar-refractivity contribution in [1.82, 2.24) is 0 Å². The van der Waals surface area contributed by atoms with Crippen molar-refractivity contribution in [3.05, 3.63) is 33.8 Å². The van der Waals surface area contributed by atoms with E-state index in [4.69, 9.17) is 0 Å². The standard InChI is InChI=1S/C10H10Br2O/c1-7-3-2-4-8(12)10(7)9(13)5-6-11/h2-4H,5-6H2,1H3. The highest BCUT2D eigenvalue weighted by Crippen LogP contribution is 2.21. The maximum Gasteiger partial charge on any atom is 0.165 e. The van der Waals surface area contributed by atoms with Crippen molar-refractivity contribution in [2.45, 2.75) is 13.3 Å². The lowest BCUT2D eigenvalue weighted by atomic mass is 10.0. The van der Waals surface area contributed by atoms with Gasteiger partial charge in [-0.05, 0) is 18.6 Å². The van der Waals surface area contributed by atoms with Crippen molar-refractivity contribution in [2.24, 2.45) is 0 Å². The molecular weight excluding hydrogens is 296 g/mol. The molecular formula is C10H10Br2O. The molecule has 0 fully saturated rings. The van der Waals surface area contributed by atoms with Crippen LogP contribution >= 0.6 is 31.9 Å². The number of carbonyl (C=O) groups is 1. The van der Waals surface area contributed by atoms with E-state index in [9.17, 15) is 4.79 Å². The van der Waals surface area contributed by atoms with E-state index >= 15 is 0 Å². The fourth-order valence-electron chi connectivity index (χ4n) is 1.20. The summed E-state index contributed by atoms with van der Waals surface area (Å²) in [5.41, 5.74) is 1.84. The highest BCUT2D eigenvalue weighted by Gasteiger charge is 2.11. The van der Waals surface area contributed by atoms with Gasteiger partial charge in [0, 0.05) is 21.8 Å². The van der Waals surface area contributed by atoms with Crippen LogP contribution in [0.2, 0.25) is 0 Å². The minimum atomic E-state index is 0.182. The third-order valence-corrected chi connectivity index (χ3v) is 2.88. The van der Waals surface area contributed by atoms with Crippen molar-refractivity contribution < 1.29 is 4.79 Å². The van der Waals surface area contributed by atoms with Gasteiger partial charge in [0.05, 0.1) is 0 Å². The molecule has 0 aliphatic heterocycles. The van der Waals surface area contributed by atoms with E-state index in [2.05, 4.69) is 31.9 Å². The Balaban J connectivity index is 3.05. The number of ketones is 1. The van der Waals surface area contributed by atoms with Crippen LogP contribution in [-0.4, -0.2) is 11.1 Å². The second-order valence-corrected chi connectivity index (χ2v) is 4.44. The number of hydrogen-bond acceptors (Lipinski definition) is 1. The Labute approximate surface area is 94.8 Å². The number of aryl methyl sites for hydroxylation is 1. The molecule has 0 heterocycles. The number of benzene rings is 1. The van der Waals surface area contributed by atoms with Crippen molar-refractivity contribution >= 4 is 37.6 Å². The molecule has 70 valence electrons. The third-order valence-electron chi connectivity index (χ3n) is 1.82. The summed E-state index contributed by atoms with van der Waals surface area (Å²) < 4.78 is 0.887. The minimum Gasteiger partial charge on any atom is -0.294 e. The molecule has 13 heavy (non-hydrogen) atoms. The van der Waals surface area contributed by atoms with Gasteiger partial charge in [-0.3, -0.25) is 4.79 Å². The van der Waals surface area contributed by atoms with E-state index in [1.807, 2.05) is 25.1 Å². The van der Waals surface area contributed by atoms with Crippen molar-refractivity contribution in [3.63, 3.8) is 0 Å². The van der Waals surface area contributed by atoms with Gasteiger partial charge in [0.25, 0.3) is 0 Å². The second kappa shape index (κ2) is 4.91. The van der Waals surface area contributed by atoms with E-state index in [0.717, 1.165) is 15.6 Å². The van der Waals surface area contributed by atoms with E-state index in [1.165, 1.54) is 0 Å². The Hall–Kier alpha value is -0.150. The van der Waals surface area contributed by atoms with E-state index in [-0.39, 0.29) is 5.78 Å². The van der Waals surface area contributed by atoms with E-state index in [1.54, 1.807) is 0 Å². The van der Waals surface area contributed by atoms with Gasteiger partial charge >= 0.3 is 0 Å². The fraction of sp³-hybridized carbons (Fsp3) is 0.300. The molecule has 0 radical (unpaired) electrons. The number of Topliss-reactive ketones (excluding diaryl/α,β-unsaturated/α-hetero) is 1. The predicted molar refractivity (Wildman–Crippen MR) is 61.6 cm³/mol. The molecule has 0 spiro atoms. The third kappa shape index (κ3) is 2.64. The average molecular weight is 306 g/mol. The molecule has 0 unspecified atom stereocenters. The zero-order chi connectivity index (χ0) is 9.84. The fourth-order valence-corrected chi connectivity index (χ4v) is 2.24. The largest absolute Gasteiger partial charge is 0.294 e. The monoisotopic (exact) mass is 304 g/mol. The van der Waals surface area contributed by atoms with Crippen LogP contribution in [0.1, 0.15) is 22.3 Å². The zero-order valence-electron chi connectivity index (χ0n) is 7.31. The molecule has 1 aromatic rings. The van der Waals surface area contributed by atoms with Crippen LogP contribution < -0.4 is 0 Å². The molecule has 0 aliphatic rings. The van der Waals surface area contributed by atoms with Gasteiger partial charge in [-0.25, -0.2) is 0 Å². The molecule has 1 rings (SSSR count). The Morgan fingerprint density at radius 2 is 2.15 bits per heavy atom. The highest BCUT2D eigenvalue weighted by molar-refractivity contribution is 9.10. The molecule has 3 heteroatoms. The summed E-state index contributed by atoms with van der Waals surface area (Å²) in [6, 6.07) is 5.78. The maximum atomic E-state index is 11.6. The topological polar surface area (TPSA) is 17.1 Å². The van der Waals surface area contributed by atoms with Crippen LogP contribution in [0.5, 0.6) is 0 Å². The molecule has 0 aliphatic carbocycles. The van der Waals surface area contributed by atoms with Crippen molar-refractivity contribution in [3.8, 4) is 0 Å². The van der Waals surface area contributed by atoms with Crippen molar-refractivity contribution in [1.29, 1.82) is 0 Å². The molecule has 0 saturated carbocycles. The van der Waals surface area contributed by atoms with Crippen LogP contribution in [0.3, 0.4) is 0 Å². The summed E-state index contributed by atoms with van der Waals surface area (Å²) in [6.07, 6.45) is 0.545. The molecule has 0 bridgehead atoms. The first-order chi connectivity index (χ1) is 6.16. The van der Waals surface area contributed by atoms with Gasteiger partial charge < -0.3 is 0 Å². The van der Waals surface area contributed by atoms with Crippen LogP contribution in [0.15, 0.2) is 22.7 Å². The quantitative estimate of drug-likeness (QED) is 0.614. The zero-order valence-corrected chi connectivity index (χ0v) is 10.5. The summed E-state index contributed by atoms with van der Waals surface area (Å²) in [4.78, 5) is 11.6. The molecule has 1 aromatic carbocycles. The summed E-state index contributed by atoms with van der Waals surface area (Å²) in [5, 5.41) is 0.715. The normalized spacial score (nSPS) is 10.1. The highest BCUT2D eigenvalue weighted by atomic mass is 79.9. The number of alkyl halides is 1. The number of rotatable bonds is 3. The van der Waals surface area contributed by atoms with Crippen LogP contribution in [0.25, 0.3) is 0 Å². The van der Waals surface area contributed by atoms with Gasteiger partial charge in [0.15, 0.2) is 5.78 Å². The SMILES string of the molecule is Cc1cccc(Br)c1C(=O)CCBr. The second-order valence-electron chi connectivity index (χ2n) is 2.79. The average Bonchev–Trinajstić information content (AvgIpc) is 2.04. The van der Waals surface area contributed by atoms with Gasteiger partial charge in [0.1, 0.15) is 0 Å². The number of carbonyl (C=O) groups excluding carboxylic acids is 1. The Bertz CT molecular complexity index is 300. The smallest absolute Gasteiger partial charge is 0.165 e. The molecule has 0 N–H and O–H groups in total. The lowest BCUT2D eigenvalue weighted by molar-refractivity contribution is 0.0988. The van der Waals surface area contributed by atoms with E-state index < -0.39 is 0 Å². The van der Waals surface area contributed by atoms with Crippen molar-refractivity contribution in [2.75, 3.05) is 5.33 Å². The Morgan fingerprint density at radius 1 is 1.46 bits per heavy atom. The predicted octanol–water partition coefficient (Wildman–Crippen LogP) is 3.73. The molecule has 0 atom stereocenters. The minimum absolute atomic E-state index is 0.182. The molecule has 1 nitrogen and oxygen atoms in total. The first-order valence-electron chi connectivity index (χ1n) is 4.01. The van der Waals surface area contributed by atoms with Crippen LogP contribution in [-0.2, 0) is 0 Å². The number of hydrogen-bond donors (Lipinski definition) is 0. The van der Waals surface area contributed by atoms with Gasteiger partial charge in [-0.1, -0.05) is 44.0 Å².